The molecule has 2 aromatic rings. The molecule has 1 amide bonds. The number of halogens is 2. The van der Waals surface area contributed by atoms with E-state index in [0.717, 1.165) is 15.7 Å². The lowest BCUT2D eigenvalue weighted by Gasteiger charge is -2.04. The number of aliphatic imine (C=N–C) groups is 1. The van der Waals surface area contributed by atoms with E-state index < -0.39 is 5.97 Å². The Morgan fingerprint density at radius 1 is 1.19 bits per heavy atom. The first-order valence-corrected chi connectivity index (χ1v) is 9.84. The lowest BCUT2D eigenvalue weighted by atomic mass is 10.2. The molecule has 0 aliphatic carbocycles. The number of ether oxygens (including phenoxy) is 1. The van der Waals surface area contributed by atoms with Crippen LogP contribution in [-0.2, 0) is 9.59 Å². The first-order valence-electron chi connectivity index (χ1n) is 7.44. The van der Waals surface area contributed by atoms with Crippen LogP contribution >= 0.6 is 43.6 Å². The summed E-state index contributed by atoms with van der Waals surface area (Å²) in [7, 11) is 0. The normalized spacial score (nSPS) is 16.8. The summed E-state index contributed by atoms with van der Waals surface area (Å²) < 4.78 is 6.67. The summed E-state index contributed by atoms with van der Waals surface area (Å²) in [6.45, 7) is 1.34. The Morgan fingerprint density at radius 3 is 2.58 bits per heavy atom. The summed E-state index contributed by atoms with van der Waals surface area (Å²) in [4.78, 5) is 28.2. The van der Waals surface area contributed by atoms with E-state index >= 15 is 0 Å². The third-order valence-corrected chi connectivity index (χ3v) is 5.27. The van der Waals surface area contributed by atoms with Crippen LogP contribution in [0.2, 0.25) is 0 Å². The van der Waals surface area contributed by atoms with Gasteiger partial charge in [0.1, 0.15) is 5.75 Å². The fourth-order valence-corrected chi connectivity index (χ4v) is 3.69. The van der Waals surface area contributed by atoms with Crippen LogP contribution in [0.25, 0.3) is 6.08 Å². The molecule has 2 aromatic carbocycles. The van der Waals surface area contributed by atoms with Gasteiger partial charge in [-0.3, -0.25) is 9.59 Å². The first kappa shape index (κ1) is 18.9. The first-order chi connectivity index (χ1) is 12.4. The standard InChI is InChI=1S/C18H12Br2N2O3S/c1-10(23)25-15-7-2-11(8-14(15)20)9-16-17(24)22-18(26-16)21-13-5-3-12(19)4-6-13/h2-9H,1H3,(H,21,22,24)/b16-9-. The highest BCUT2D eigenvalue weighted by atomic mass is 79.9. The number of amidine groups is 1. The molecule has 1 N–H and O–H groups in total. The molecule has 1 aliphatic rings. The third-order valence-electron chi connectivity index (χ3n) is 3.22. The Bertz CT molecular complexity index is 940. The Hall–Kier alpha value is -1.90. The molecule has 0 aromatic heterocycles. The van der Waals surface area contributed by atoms with Crippen molar-refractivity contribution in [3.05, 3.63) is 61.9 Å². The molecule has 3 rings (SSSR count). The minimum atomic E-state index is -0.392. The molecule has 1 aliphatic heterocycles. The number of carbonyl (C=O) groups is 2. The van der Waals surface area contributed by atoms with E-state index in [-0.39, 0.29) is 5.91 Å². The van der Waals surface area contributed by atoms with Crippen molar-refractivity contribution in [1.29, 1.82) is 0 Å². The van der Waals surface area contributed by atoms with Crippen LogP contribution in [0.1, 0.15) is 12.5 Å². The van der Waals surface area contributed by atoms with Gasteiger partial charge in [0.2, 0.25) is 0 Å². The highest BCUT2D eigenvalue weighted by Gasteiger charge is 2.23. The van der Waals surface area contributed by atoms with Crippen molar-refractivity contribution >= 4 is 72.4 Å². The zero-order valence-electron chi connectivity index (χ0n) is 13.5. The van der Waals surface area contributed by atoms with Crippen molar-refractivity contribution < 1.29 is 14.3 Å². The summed E-state index contributed by atoms with van der Waals surface area (Å²) in [6, 6.07) is 12.7. The summed E-state index contributed by atoms with van der Waals surface area (Å²) in [6.07, 6.45) is 1.76. The number of amides is 1. The highest BCUT2D eigenvalue weighted by Crippen LogP contribution is 2.31. The molecule has 1 saturated heterocycles. The van der Waals surface area contributed by atoms with E-state index in [1.54, 1.807) is 24.3 Å². The lowest BCUT2D eigenvalue weighted by molar-refractivity contribution is -0.131. The van der Waals surface area contributed by atoms with Gasteiger partial charge in [-0.15, -0.1) is 0 Å². The monoisotopic (exact) mass is 494 g/mol. The largest absolute Gasteiger partial charge is 0.426 e. The van der Waals surface area contributed by atoms with E-state index in [0.29, 0.717) is 20.3 Å². The molecule has 1 heterocycles. The highest BCUT2D eigenvalue weighted by molar-refractivity contribution is 9.10. The summed E-state index contributed by atoms with van der Waals surface area (Å²) in [5.74, 6) is -0.164. The molecule has 0 unspecified atom stereocenters. The van der Waals surface area contributed by atoms with Crippen molar-refractivity contribution in [2.45, 2.75) is 6.92 Å². The van der Waals surface area contributed by atoms with Gasteiger partial charge in [0.15, 0.2) is 5.17 Å². The lowest BCUT2D eigenvalue weighted by Crippen LogP contribution is -2.19. The molecule has 0 spiro atoms. The molecule has 8 heteroatoms. The van der Waals surface area contributed by atoms with Gasteiger partial charge in [-0.05, 0) is 75.7 Å². The molecule has 5 nitrogen and oxygen atoms in total. The third kappa shape index (κ3) is 4.84. The number of carbonyl (C=O) groups excluding carboxylic acids is 2. The Morgan fingerprint density at radius 2 is 1.92 bits per heavy atom. The molecular formula is C18H12Br2N2O3S. The van der Waals surface area contributed by atoms with Gasteiger partial charge < -0.3 is 10.1 Å². The Labute approximate surface area is 171 Å². The topological polar surface area (TPSA) is 67.8 Å². The maximum absolute atomic E-state index is 12.2. The van der Waals surface area contributed by atoms with E-state index in [4.69, 9.17) is 4.74 Å². The minimum absolute atomic E-state index is 0.203. The van der Waals surface area contributed by atoms with Crippen LogP contribution in [0.3, 0.4) is 0 Å². The predicted octanol–water partition coefficient (Wildman–Crippen LogP) is 5.03. The van der Waals surface area contributed by atoms with Gasteiger partial charge in [-0.2, -0.15) is 0 Å². The molecule has 0 radical (unpaired) electrons. The number of nitrogens with one attached hydrogen (secondary N) is 1. The van der Waals surface area contributed by atoms with Crippen LogP contribution in [0.5, 0.6) is 5.75 Å². The SMILES string of the molecule is CC(=O)Oc1ccc(/C=C2\SC(=Nc3ccc(Br)cc3)NC2=O)cc1Br. The second-order valence-corrected chi connectivity index (χ2v) is 8.04. The predicted molar refractivity (Wildman–Crippen MR) is 110 cm³/mol. The van der Waals surface area contributed by atoms with Crippen molar-refractivity contribution in [2.24, 2.45) is 4.99 Å². The number of hydrogen-bond donors (Lipinski definition) is 1. The van der Waals surface area contributed by atoms with Gasteiger partial charge in [0.05, 0.1) is 15.1 Å². The van der Waals surface area contributed by atoms with Gasteiger partial charge in [-0.1, -0.05) is 22.0 Å². The molecular weight excluding hydrogens is 484 g/mol. The van der Waals surface area contributed by atoms with Crippen molar-refractivity contribution in [1.82, 2.24) is 5.32 Å². The molecule has 0 atom stereocenters. The van der Waals surface area contributed by atoms with E-state index in [1.165, 1.54) is 18.7 Å². The molecule has 0 saturated carbocycles. The molecule has 0 bridgehead atoms. The van der Waals surface area contributed by atoms with E-state index in [1.807, 2.05) is 24.3 Å². The molecule has 1 fully saturated rings. The quantitative estimate of drug-likeness (QED) is 0.368. The van der Waals surface area contributed by atoms with Crippen LogP contribution in [0.4, 0.5) is 5.69 Å². The summed E-state index contributed by atoms with van der Waals surface area (Å²) in [5, 5.41) is 3.28. The average Bonchev–Trinajstić information content (AvgIpc) is 2.91. The number of rotatable bonds is 3. The zero-order valence-corrected chi connectivity index (χ0v) is 17.4. The fourth-order valence-electron chi connectivity index (χ4n) is 2.11. The van der Waals surface area contributed by atoms with Gasteiger partial charge >= 0.3 is 5.97 Å². The van der Waals surface area contributed by atoms with Crippen LogP contribution < -0.4 is 10.1 Å². The van der Waals surface area contributed by atoms with Crippen molar-refractivity contribution in [3.63, 3.8) is 0 Å². The maximum Gasteiger partial charge on any atom is 0.308 e. The zero-order chi connectivity index (χ0) is 18.7. The number of thioether (sulfide) groups is 1. The smallest absolute Gasteiger partial charge is 0.308 e. The van der Waals surface area contributed by atoms with E-state index in [9.17, 15) is 9.59 Å². The maximum atomic E-state index is 12.2. The second-order valence-electron chi connectivity index (χ2n) is 5.24. The summed E-state index contributed by atoms with van der Waals surface area (Å²) in [5.41, 5.74) is 1.56. The average molecular weight is 496 g/mol. The molecule has 132 valence electrons. The van der Waals surface area contributed by atoms with Crippen LogP contribution in [-0.4, -0.2) is 17.0 Å². The fraction of sp³-hybridized carbons (Fsp3) is 0.0556. The van der Waals surface area contributed by atoms with E-state index in [2.05, 4.69) is 42.2 Å². The number of hydrogen-bond acceptors (Lipinski definition) is 5. The second kappa shape index (κ2) is 8.20. The van der Waals surface area contributed by atoms with Crippen LogP contribution in [0, 0.1) is 0 Å². The van der Waals surface area contributed by atoms with Crippen LogP contribution in [0.15, 0.2) is 61.3 Å². The van der Waals surface area contributed by atoms with Gasteiger partial charge in [0, 0.05) is 11.4 Å². The number of benzene rings is 2. The van der Waals surface area contributed by atoms with Crippen molar-refractivity contribution in [3.8, 4) is 5.75 Å². The van der Waals surface area contributed by atoms with Crippen molar-refractivity contribution in [2.75, 3.05) is 0 Å². The number of nitrogens with zero attached hydrogens (tertiary/aromatic N) is 1. The van der Waals surface area contributed by atoms with Gasteiger partial charge in [-0.25, -0.2) is 4.99 Å². The number of esters is 1. The van der Waals surface area contributed by atoms with Gasteiger partial charge in [0.25, 0.3) is 5.91 Å². The Kier molecular flexibility index (Phi) is 5.95. The molecule has 26 heavy (non-hydrogen) atoms. The minimum Gasteiger partial charge on any atom is -0.426 e. The Balaban J connectivity index is 1.79. The summed E-state index contributed by atoms with van der Waals surface area (Å²) >= 11 is 8.01.